The van der Waals surface area contributed by atoms with Gasteiger partial charge in [0.15, 0.2) is 11.5 Å². The van der Waals surface area contributed by atoms with Crippen LogP contribution in [0.3, 0.4) is 0 Å². The van der Waals surface area contributed by atoms with Gasteiger partial charge in [0.2, 0.25) is 0 Å². The lowest BCUT2D eigenvalue weighted by Crippen LogP contribution is -1.98. The molecule has 9 heteroatoms. The number of ether oxygens (including phenoxy) is 2. The highest BCUT2D eigenvalue weighted by Gasteiger charge is 2.11. The lowest BCUT2D eigenvalue weighted by molar-refractivity contribution is -0.385. The smallest absolute Gasteiger partial charge is 0.270 e. The molecule has 0 atom stereocenters. The Labute approximate surface area is 183 Å². The summed E-state index contributed by atoms with van der Waals surface area (Å²) in [7, 11) is 1.48. The number of nitro groups is 2. The van der Waals surface area contributed by atoms with Gasteiger partial charge in [-0.2, -0.15) is 5.26 Å². The first-order valence-electron chi connectivity index (χ1n) is 9.32. The van der Waals surface area contributed by atoms with Crippen molar-refractivity contribution in [2.24, 2.45) is 0 Å². The van der Waals surface area contributed by atoms with Crippen LogP contribution in [0.15, 0.2) is 66.7 Å². The van der Waals surface area contributed by atoms with Crippen molar-refractivity contribution >= 4 is 23.0 Å². The molecule has 0 spiro atoms. The van der Waals surface area contributed by atoms with Crippen LogP contribution in [0, 0.1) is 31.6 Å². The molecule has 0 saturated carbocycles. The van der Waals surface area contributed by atoms with Crippen molar-refractivity contribution in [2.45, 2.75) is 6.61 Å². The molecule has 0 unspecified atom stereocenters. The maximum Gasteiger partial charge on any atom is 0.270 e. The van der Waals surface area contributed by atoms with Crippen molar-refractivity contribution in [3.05, 3.63) is 104 Å². The van der Waals surface area contributed by atoms with E-state index in [-0.39, 0.29) is 23.6 Å². The SMILES string of the molecule is COc1cc(/C=C(/C#N)c2cccc([N+](=O)[O-])c2)ccc1OCc1ccc([N+](=O)[O-])cc1. The van der Waals surface area contributed by atoms with Crippen molar-refractivity contribution in [3.63, 3.8) is 0 Å². The number of hydrogen-bond acceptors (Lipinski definition) is 7. The van der Waals surface area contributed by atoms with Gasteiger partial charge in [-0.05, 0) is 47.0 Å². The van der Waals surface area contributed by atoms with E-state index in [4.69, 9.17) is 9.47 Å². The summed E-state index contributed by atoms with van der Waals surface area (Å²) in [6.45, 7) is 0.181. The molecule has 0 aliphatic carbocycles. The van der Waals surface area contributed by atoms with Crippen molar-refractivity contribution in [3.8, 4) is 17.6 Å². The van der Waals surface area contributed by atoms with E-state index in [0.717, 1.165) is 5.56 Å². The highest BCUT2D eigenvalue weighted by molar-refractivity contribution is 5.90. The molecular formula is C23H17N3O6. The highest BCUT2D eigenvalue weighted by Crippen LogP contribution is 2.31. The monoisotopic (exact) mass is 431 g/mol. The zero-order chi connectivity index (χ0) is 23.1. The number of allylic oxidation sites excluding steroid dienone is 1. The minimum Gasteiger partial charge on any atom is -0.493 e. The van der Waals surface area contributed by atoms with Crippen LogP contribution >= 0.6 is 0 Å². The molecular weight excluding hydrogens is 414 g/mol. The minimum absolute atomic E-state index is 0.000448. The van der Waals surface area contributed by atoms with E-state index >= 15 is 0 Å². The second-order valence-electron chi connectivity index (χ2n) is 6.60. The van der Waals surface area contributed by atoms with Gasteiger partial charge in [0.25, 0.3) is 11.4 Å². The number of nitriles is 1. The summed E-state index contributed by atoms with van der Waals surface area (Å²) >= 11 is 0. The molecule has 3 aromatic carbocycles. The quantitative estimate of drug-likeness (QED) is 0.209. The Bertz CT molecular complexity index is 1230. The Morgan fingerprint density at radius 2 is 1.69 bits per heavy atom. The van der Waals surface area contributed by atoms with E-state index in [1.54, 1.807) is 42.5 Å². The van der Waals surface area contributed by atoms with Gasteiger partial charge >= 0.3 is 0 Å². The highest BCUT2D eigenvalue weighted by atomic mass is 16.6. The molecule has 0 aliphatic rings. The zero-order valence-electron chi connectivity index (χ0n) is 16.9. The van der Waals surface area contributed by atoms with Crippen LogP contribution in [0.5, 0.6) is 11.5 Å². The Morgan fingerprint density at radius 3 is 2.31 bits per heavy atom. The third-order valence-electron chi connectivity index (χ3n) is 4.53. The summed E-state index contributed by atoms with van der Waals surface area (Å²) < 4.78 is 11.2. The van der Waals surface area contributed by atoms with Crippen LogP contribution in [0.2, 0.25) is 0 Å². The third kappa shape index (κ3) is 5.25. The van der Waals surface area contributed by atoms with Gasteiger partial charge in [-0.3, -0.25) is 20.2 Å². The molecule has 0 aromatic heterocycles. The fraction of sp³-hybridized carbons (Fsp3) is 0.0870. The zero-order valence-corrected chi connectivity index (χ0v) is 16.9. The second kappa shape index (κ2) is 9.86. The van der Waals surface area contributed by atoms with Gasteiger partial charge in [0.1, 0.15) is 6.61 Å². The summed E-state index contributed by atoms with van der Waals surface area (Å²) in [5.41, 5.74) is 1.98. The van der Waals surface area contributed by atoms with Gasteiger partial charge in [0.05, 0.1) is 28.6 Å². The number of rotatable bonds is 8. The molecule has 0 radical (unpaired) electrons. The Kier molecular flexibility index (Phi) is 6.78. The van der Waals surface area contributed by atoms with E-state index in [2.05, 4.69) is 6.07 Å². The Morgan fingerprint density at radius 1 is 0.969 bits per heavy atom. The molecule has 3 aromatic rings. The second-order valence-corrected chi connectivity index (χ2v) is 6.60. The molecule has 0 saturated heterocycles. The van der Waals surface area contributed by atoms with Crippen molar-refractivity contribution < 1.29 is 19.3 Å². The summed E-state index contributed by atoms with van der Waals surface area (Å²) in [5.74, 6) is 0.883. The van der Waals surface area contributed by atoms with Crippen molar-refractivity contribution in [1.82, 2.24) is 0 Å². The molecule has 0 N–H and O–H groups in total. The molecule has 32 heavy (non-hydrogen) atoms. The number of methoxy groups -OCH3 is 1. The first-order valence-corrected chi connectivity index (χ1v) is 9.32. The van der Waals surface area contributed by atoms with Gasteiger partial charge in [-0.15, -0.1) is 0 Å². The summed E-state index contributed by atoms with van der Waals surface area (Å²) in [4.78, 5) is 20.8. The number of nitro benzene ring substituents is 2. The largest absolute Gasteiger partial charge is 0.493 e. The third-order valence-corrected chi connectivity index (χ3v) is 4.53. The first-order chi connectivity index (χ1) is 15.4. The average molecular weight is 431 g/mol. The number of hydrogen-bond donors (Lipinski definition) is 0. The first kappa shape index (κ1) is 22.0. The summed E-state index contributed by atoms with van der Waals surface area (Å²) in [6.07, 6.45) is 1.60. The van der Waals surface area contributed by atoms with Crippen LogP contribution in [-0.4, -0.2) is 17.0 Å². The van der Waals surface area contributed by atoms with Crippen LogP contribution in [0.4, 0.5) is 11.4 Å². The van der Waals surface area contributed by atoms with Crippen LogP contribution in [0.1, 0.15) is 16.7 Å². The predicted molar refractivity (Wildman–Crippen MR) is 117 cm³/mol. The molecule has 0 bridgehead atoms. The van der Waals surface area contributed by atoms with Crippen LogP contribution < -0.4 is 9.47 Å². The van der Waals surface area contributed by atoms with Crippen molar-refractivity contribution in [2.75, 3.05) is 7.11 Å². The number of non-ortho nitro benzene ring substituents is 2. The van der Waals surface area contributed by atoms with Crippen molar-refractivity contribution in [1.29, 1.82) is 5.26 Å². The standard InChI is InChI=1S/C23H17N3O6/c1-31-23-12-17(11-19(14-24)18-3-2-4-21(13-18)26(29)30)7-10-22(23)32-15-16-5-8-20(9-6-16)25(27)28/h2-13H,15H2,1H3/b19-11-. The Balaban J connectivity index is 1.81. The molecule has 0 heterocycles. The molecule has 9 nitrogen and oxygen atoms in total. The van der Waals surface area contributed by atoms with E-state index in [1.165, 1.54) is 37.4 Å². The summed E-state index contributed by atoms with van der Waals surface area (Å²) in [5, 5.41) is 31.3. The maximum atomic E-state index is 11.0. The molecule has 0 aliphatic heterocycles. The lowest BCUT2D eigenvalue weighted by Gasteiger charge is -2.11. The maximum absolute atomic E-state index is 11.0. The Hall–Kier alpha value is -4.71. The number of benzene rings is 3. The van der Waals surface area contributed by atoms with Gasteiger partial charge in [-0.25, -0.2) is 0 Å². The van der Waals surface area contributed by atoms with Crippen LogP contribution in [0.25, 0.3) is 11.6 Å². The fourth-order valence-corrected chi connectivity index (χ4v) is 2.90. The normalized spacial score (nSPS) is 10.8. The van der Waals surface area contributed by atoms with Gasteiger partial charge < -0.3 is 9.47 Å². The fourth-order valence-electron chi connectivity index (χ4n) is 2.90. The van der Waals surface area contributed by atoms with E-state index < -0.39 is 9.85 Å². The van der Waals surface area contributed by atoms with E-state index in [9.17, 15) is 25.5 Å². The van der Waals surface area contributed by atoms with Crippen LogP contribution in [-0.2, 0) is 6.61 Å². The number of nitrogens with zero attached hydrogens (tertiary/aromatic N) is 3. The minimum atomic E-state index is -0.515. The molecule has 3 rings (SSSR count). The van der Waals surface area contributed by atoms with Gasteiger partial charge in [-0.1, -0.05) is 18.2 Å². The lowest BCUT2D eigenvalue weighted by atomic mass is 10.0. The van der Waals surface area contributed by atoms with Gasteiger partial charge in [0, 0.05) is 24.3 Å². The van der Waals surface area contributed by atoms with E-state index in [1.807, 2.05) is 0 Å². The predicted octanol–water partition coefficient (Wildman–Crippen LogP) is 5.15. The topological polar surface area (TPSA) is 129 Å². The molecule has 0 fully saturated rings. The molecule has 0 amide bonds. The average Bonchev–Trinajstić information content (AvgIpc) is 2.81. The molecule has 160 valence electrons. The summed E-state index contributed by atoms with van der Waals surface area (Å²) in [6, 6.07) is 19.0. The van der Waals surface area contributed by atoms with E-state index in [0.29, 0.717) is 22.6 Å².